The van der Waals surface area contributed by atoms with Crippen molar-refractivity contribution in [2.75, 3.05) is 11.9 Å². The van der Waals surface area contributed by atoms with Crippen molar-refractivity contribution < 1.29 is 4.79 Å². The number of hydrogen-bond donors (Lipinski definition) is 2. The molecule has 2 aromatic rings. The van der Waals surface area contributed by atoms with Crippen molar-refractivity contribution in [3.05, 3.63) is 41.0 Å². The van der Waals surface area contributed by atoms with Gasteiger partial charge in [0.15, 0.2) is 0 Å². The predicted molar refractivity (Wildman–Crippen MR) is 94.0 cm³/mol. The van der Waals surface area contributed by atoms with Gasteiger partial charge in [-0.1, -0.05) is 12.8 Å². The first-order chi connectivity index (χ1) is 11.6. The minimum atomic E-state index is -0.0452. The fourth-order valence-corrected chi connectivity index (χ4v) is 3.50. The van der Waals surface area contributed by atoms with E-state index in [1.165, 1.54) is 5.56 Å². The number of carbonyl (C=O) groups excluding carboxylic acids is 1. The Hall–Kier alpha value is -2.37. The lowest BCUT2D eigenvalue weighted by atomic mass is 9.99. The number of urea groups is 1. The molecule has 2 aromatic heterocycles. The summed E-state index contributed by atoms with van der Waals surface area (Å²) in [5.74, 6) is 0. The molecule has 1 atom stereocenters. The van der Waals surface area contributed by atoms with Gasteiger partial charge in [-0.25, -0.2) is 4.79 Å². The van der Waals surface area contributed by atoms with Gasteiger partial charge in [-0.15, -0.1) is 0 Å². The maximum atomic E-state index is 13.0. The number of nitrogens with one attached hydrogen (secondary N) is 2. The maximum absolute atomic E-state index is 13.0. The molecule has 0 aliphatic carbocycles. The first kappa shape index (κ1) is 16.5. The highest BCUT2D eigenvalue weighted by Crippen LogP contribution is 2.33. The van der Waals surface area contributed by atoms with Gasteiger partial charge in [0.1, 0.15) is 0 Å². The van der Waals surface area contributed by atoms with Crippen LogP contribution in [0.15, 0.2) is 18.5 Å². The molecule has 24 heavy (non-hydrogen) atoms. The summed E-state index contributed by atoms with van der Waals surface area (Å²) in [5, 5.41) is 10.4. The molecule has 6 nitrogen and oxygen atoms in total. The number of aromatic nitrogens is 3. The van der Waals surface area contributed by atoms with E-state index in [4.69, 9.17) is 0 Å². The number of nitrogens with zero attached hydrogens (tertiary/aromatic N) is 3. The van der Waals surface area contributed by atoms with Crippen LogP contribution < -0.4 is 5.32 Å². The number of pyridine rings is 1. The third-order valence-corrected chi connectivity index (χ3v) is 4.79. The molecule has 0 radical (unpaired) electrons. The fourth-order valence-electron chi connectivity index (χ4n) is 3.50. The summed E-state index contributed by atoms with van der Waals surface area (Å²) in [4.78, 5) is 19.0. The van der Waals surface area contributed by atoms with E-state index >= 15 is 0 Å². The summed E-state index contributed by atoms with van der Waals surface area (Å²) in [6.45, 7) is 6.76. The summed E-state index contributed by atoms with van der Waals surface area (Å²) in [7, 11) is 0. The van der Waals surface area contributed by atoms with Crippen LogP contribution in [0.2, 0.25) is 0 Å². The quantitative estimate of drug-likeness (QED) is 0.879. The molecule has 3 heterocycles. The predicted octanol–water partition coefficient (Wildman–Crippen LogP) is 3.88. The number of aryl methyl sites for hydroxylation is 3. The van der Waals surface area contributed by atoms with E-state index in [-0.39, 0.29) is 12.1 Å². The molecule has 1 unspecified atom stereocenters. The smallest absolute Gasteiger partial charge is 0.317 e. The Bertz CT molecular complexity index is 704. The highest BCUT2D eigenvalue weighted by atomic mass is 16.2. The lowest BCUT2D eigenvalue weighted by molar-refractivity contribution is 0.189. The van der Waals surface area contributed by atoms with Crippen molar-refractivity contribution in [3.8, 4) is 0 Å². The highest BCUT2D eigenvalue weighted by molar-refractivity contribution is 5.90. The van der Waals surface area contributed by atoms with Gasteiger partial charge in [0.25, 0.3) is 0 Å². The van der Waals surface area contributed by atoms with E-state index in [1.807, 2.05) is 31.7 Å². The fraction of sp³-hybridized carbons (Fsp3) is 0.500. The van der Waals surface area contributed by atoms with Crippen LogP contribution in [0.5, 0.6) is 0 Å². The van der Waals surface area contributed by atoms with Crippen LogP contribution in [0, 0.1) is 20.8 Å². The first-order valence-corrected chi connectivity index (χ1v) is 8.57. The zero-order chi connectivity index (χ0) is 17.1. The van der Waals surface area contributed by atoms with Crippen LogP contribution in [0.4, 0.5) is 10.5 Å². The molecular weight excluding hydrogens is 302 g/mol. The Balaban J connectivity index is 1.87. The molecule has 6 heteroatoms. The molecule has 1 aliphatic heterocycles. The second-order valence-corrected chi connectivity index (χ2v) is 6.53. The number of aromatic amines is 1. The number of hydrogen-bond acceptors (Lipinski definition) is 3. The van der Waals surface area contributed by atoms with Crippen molar-refractivity contribution >= 4 is 11.7 Å². The number of carbonyl (C=O) groups is 1. The first-order valence-electron chi connectivity index (χ1n) is 8.57. The normalized spacial score (nSPS) is 18.3. The van der Waals surface area contributed by atoms with Crippen LogP contribution in [-0.2, 0) is 0 Å². The van der Waals surface area contributed by atoms with Crippen molar-refractivity contribution in [1.82, 2.24) is 20.1 Å². The summed E-state index contributed by atoms with van der Waals surface area (Å²) >= 11 is 0. The van der Waals surface area contributed by atoms with Crippen LogP contribution in [0.1, 0.15) is 54.2 Å². The number of anilines is 1. The van der Waals surface area contributed by atoms with Gasteiger partial charge in [0.2, 0.25) is 0 Å². The second-order valence-electron chi connectivity index (χ2n) is 6.53. The van der Waals surface area contributed by atoms with Gasteiger partial charge in [0, 0.05) is 35.9 Å². The highest BCUT2D eigenvalue weighted by Gasteiger charge is 2.30. The van der Waals surface area contributed by atoms with Crippen LogP contribution in [0.25, 0.3) is 0 Å². The topological polar surface area (TPSA) is 73.9 Å². The molecule has 128 valence electrons. The summed E-state index contributed by atoms with van der Waals surface area (Å²) in [5.41, 5.74) is 4.99. The van der Waals surface area contributed by atoms with E-state index in [9.17, 15) is 4.79 Å². The van der Waals surface area contributed by atoms with Gasteiger partial charge < -0.3 is 10.2 Å². The van der Waals surface area contributed by atoms with E-state index in [0.29, 0.717) is 0 Å². The second kappa shape index (κ2) is 7.03. The summed E-state index contributed by atoms with van der Waals surface area (Å²) in [6, 6.07) is 1.87. The van der Waals surface area contributed by atoms with Crippen LogP contribution >= 0.6 is 0 Å². The lowest BCUT2D eigenvalue weighted by Gasteiger charge is -2.31. The molecule has 0 aromatic carbocycles. The average Bonchev–Trinajstić information content (AvgIpc) is 2.77. The third kappa shape index (κ3) is 3.27. The Morgan fingerprint density at radius 1 is 1.29 bits per heavy atom. The molecule has 0 bridgehead atoms. The molecule has 0 saturated carbocycles. The SMILES string of the molecule is Cc1cnccc1NC(=O)N1CCCCCC1c1c(C)n[nH]c1C. The van der Waals surface area contributed by atoms with Crippen molar-refractivity contribution in [2.45, 2.75) is 52.5 Å². The van der Waals surface area contributed by atoms with Crippen molar-refractivity contribution in [2.24, 2.45) is 0 Å². The van der Waals surface area contributed by atoms with Crippen molar-refractivity contribution in [1.29, 1.82) is 0 Å². The molecule has 1 fully saturated rings. The van der Waals surface area contributed by atoms with Crippen LogP contribution in [-0.4, -0.2) is 32.7 Å². The van der Waals surface area contributed by atoms with Crippen LogP contribution in [0.3, 0.4) is 0 Å². The number of amides is 2. The third-order valence-electron chi connectivity index (χ3n) is 4.79. The standard InChI is InChI=1S/C18H25N5O/c1-12-11-19-9-8-15(12)20-18(24)23-10-6-4-5-7-16(23)17-13(2)21-22-14(17)3/h8-9,11,16H,4-7,10H2,1-3H3,(H,21,22)(H,19,20,24). The largest absolute Gasteiger partial charge is 0.322 e. The van der Waals surface area contributed by atoms with Gasteiger partial charge >= 0.3 is 6.03 Å². The summed E-state index contributed by atoms with van der Waals surface area (Å²) < 4.78 is 0. The van der Waals surface area contributed by atoms with E-state index in [0.717, 1.165) is 54.9 Å². The molecule has 1 aliphatic rings. The zero-order valence-electron chi connectivity index (χ0n) is 14.6. The number of H-pyrrole nitrogens is 1. The maximum Gasteiger partial charge on any atom is 0.322 e. The Morgan fingerprint density at radius 3 is 2.83 bits per heavy atom. The molecule has 3 rings (SSSR count). The number of rotatable bonds is 2. The van der Waals surface area contributed by atoms with Gasteiger partial charge in [-0.2, -0.15) is 5.10 Å². The number of likely N-dealkylation sites (tertiary alicyclic amines) is 1. The zero-order valence-corrected chi connectivity index (χ0v) is 14.6. The molecular formula is C18H25N5O. The molecule has 2 amide bonds. The molecule has 2 N–H and O–H groups in total. The van der Waals surface area contributed by atoms with E-state index in [1.54, 1.807) is 12.4 Å². The minimum absolute atomic E-state index is 0.0452. The van der Waals surface area contributed by atoms with E-state index < -0.39 is 0 Å². The Kier molecular flexibility index (Phi) is 4.83. The average molecular weight is 327 g/mol. The molecule has 1 saturated heterocycles. The van der Waals surface area contributed by atoms with Crippen molar-refractivity contribution in [3.63, 3.8) is 0 Å². The van der Waals surface area contributed by atoms with E-state index in [2.05, 4.69) is 20.5 Å². The Labute approximate surface area is 142 Å². The van der Waals surface area contributed by atoms with Gasteiger partial charge in [0.05, 0.1) is 11.7 Å². The monoisotopic (exact) mass is 327 g/mol. The molecule has 0 spiro atoms. The minimum Gasteiger partial charge on any atom is -0.317 e. The lowest BCUT2D eigenvalue weighted by Crippen LogP contribution is -2.38. The van der Waals surface area contributed by atoms with Gasteiger partial charge in [-0.3, -0.25) is 10.1 Å². The summed E-state index contributed by atoms with van der Waals surface area (Å²) in [6.07, 6.45) is 7.77. The van der Waals surface area contributed by atoms with Gasteiger partial charge in [-0.05, 0) is 45.2 Å². The Morgan fingerprint density at radius 2 is 2.12 bits per heavy atom.